The number of para-hydroxylation sites is 1. The Morgan fingerprint density at radius 1 is 0.321 bits per heavy atom. The lowest BCUT2D eigenvalue weighted by Crippen LogP contribution is -2.00. The minimum Gasteiger partial charge on any atom is -0.243 e. The second kappa shape index (κ2) is 13.0. The van der Waals surface area contributed by atoms with Crippen molar-refractivity contribution in [1.29, 1.82) is 0 Å². The summed E-state index contributed by atoms with van der Waals surface area (Å²) in [5, 5.41) is 1.15. The van der Waals surface area contributed by atoms with Crippen LogP contribution >= 0.6 is 11.3 Å². The zero-order valence-electron chi connectivity index (χ0n) is 28.4. The molecule has 0 aliphatic rings. The van der Waals surface area contributed by atoms with E-state index in [1.54, 1.807) is 11.3 Å². The maximum Gasteiger partial charge on any atom is 0.164 e. The van der Waals surface area contributed by atoms with E-state index in [0.29, 0.717) is 17.5 Å². The van der Waals surface area contributed by atoms with E-state index >= 15 is 0 Å². The van der Waals surface area contributed by atoms with Crippen molar-refractivity contribution in [1.82, 2.24) is 24.9 Å². The molecule has 0 saturated carbocycles. The minimum absolute atomic E-state index is 0.626. The standard InChI is InChI=1S/C47H29N5S/c1-3-11-30(12-4-1)31-23-27-35(28-24-31)45-50-44(34-13-5-2-6-14-34)51-46(52-45)37-16-9-15-36(29-37)32-21-25-33(26-22-32)38-18-10-19-40-42(38)49-47-43(48-40)39-17-7-8-20-41(39)53-47/h1-29H. The molecule has 10 aromatic rings. The van der Waals surface area contributed by atoms with Crippen molar-refractivity contribution in [2.45, 2.75) is 0 Å². The molecule has 3 heterocycles. The molecule has 53 heavy (non-hydrogen) atoms. The summed E-state index contributed by atoms with van der Waals surface area (Å²) >= 11 is 1.69. The van der Waals surface area contributed by atoms with Crippen molar-refractivity contribution in [3.8, 4) is 67.5 Å². The maximum atomic E-state index is 5.13. The topological polar surface area (TPSA) is 64.5 Å². The number of hydrogen-bond acceptors (Lipinski definition) is 6. The fraction of sp³-hybridized carbons (Fsp3) is 0. The third-order valence-electron chi connectivity index (χ3n) is 9.58. The van der Waals surface area contributed by atoms with Crippen LogP contribution in [0.2, 0.25) is 0 Å². The fourth-order valence-corrected chi connectivity index (χ4v) is 7.89. The van der Waals surface area contributed by atoms with E-state index in [1.807, 2.05) is 42.5 Å². The monoisotopic (exact) mass is 695 g/mol. The van der Waals surface area contributed by atoms with Gasteiger partial charge in [-0.3, -0.25) is 0 Å². The van der Waals surface area contributed by atoms with Crippen LogP contribution in [-0.4, -0.2) is 24.9 Å². The van der Waals surface area contributed by atoms with Crippen molar-refractivity contribution in [2.75, 3.05) is 0 Å². The normalized spacial score (nSPS) is 11.4. The van der Waals surface area contributed by atoms with Crippen LogP contribution in [0.25, 0.3) is 99.0 Å². The Labute approximate surface area is 310 Å². The van der Waals surface area contributed by atoms with Crippen LogP contribution in [0, 0.1) is 0 Å². The van der Waals surface area contributed by atoms with Crippen LogP contribution in [0.15, 0.2) is 176 Å². The number of fused-ring (bicyclic) bond motifs is 4. The first-order chi connectivity index (χ1) is 26.2. The van der Waals surface area contributed by atoms with Gasteiger partial charge in [-0.25, -0.2) is 24.9 Å². The fourth-order valence-electron chi connectivity index (χ4n) is 6.87. The first-order valence-electron chi connectivity index (χ1n) is 17.5. The Balaban J connectivity index is 1.00. The molecule has 0 saturated heterocycles. The molecule has 0 atom stereocenters. The molecule has 0 aliphatic heterocycles. The molecule has 3 aromatic heterocycles. The number of hydrogen-bond donors (Lipinski definition) is 0. The first kappa shape index (κ1) is 30.9. The predicted octanol–water partition coefficient (Wildman–Crippen LogP) is 12.2. The second-order valence-electron chi connectivity index (χ2n) is 12.9. The lowest BCUT2D eigenvalue weighted by atomic mass is 9.98. The molecule has 0 spiro atoms. The highest BCUT2D eigenvalue weighted by atomic mass is 32.1. The van der Waals surface area contributed by atoms with Gasteiger partial charge in [0.05, 0.1) is 11.0 Å². The van der Waals surface area contributed by atoms with Crippen molar-refractivity contribution in [3.63, 3.8) is 0 Å². The smallest absolute Gasteiger partial charge is 0.164 e. The Morgan fingerprint density at radius 2 is 0.830 bits per heavy atom. The van der Waals surface area contributed by atoms with Crippen LogP contribution < -0.4 is 0 Å². The molecule has 6 heteroatoms. The summed E-state index contributed by atoms with van der Waals surface area (Å²) < 4.78 is 1.20. The zero-order chi connectivity index (χ0) is 35.1. The van der Waals surface area contributed by atoms with Crippen LogP contribution in [0.5, 0.6) is 0 Å². The molecule has 248 valence electrons. The molecular weight excluding hydrogens is 667 g/mol. The van der Waals surface area contributed by atoms with Crippen LogP contribution in [-0.2, 0) is 0 Å². The molecule has 0 amide bonds. The predicted molar refractivity (Wildman–Crippen MR) is 218 cm³/mol. The van der Waals surface area contributed by atoms with Crippen molar-refractivity contribution in [2.24, 2.45) is 0 Å². The van der Waals surface area contributed by atoms with E-state index < -0.39 is 0 Å². The van der Waals surface area contributed by atoms with Gasteiger partial charge in [-0.2, -0.15) is 0 Å². The lowest BCUT2D eigenvalue weighted by molar-refractivity contribution is 1.07. The highest BCUT2D eigenvalue weighted by Crippen LogP contribution is 2.36. The Morgan fingerprint density at radius 3 is 1.57 bits per heavy atom. The van der Waals surface area contributed by atoms with Crippen molar-refractivity contribution in [3.05, 3.63) is 176 Å². The molecule has 10 rings (SSSR count). The molecular formula is C47H29N5S. The van der Waals surface area contributed by atoms with Gasteiger partial charge in [0.2, 0.25) is 0 Å². The lowest BCUT2D eigenvalue weighted by Gasteiger charge is -2.11. The SMILES string of the molecule is c1ccc(-c2ccc(-c3nc(-c4ccccc4)nc(-c4cccc(-c5ccc(-c6cccc7nc8c(nc67)sc6ccccc68)cc5)c4)n3)cc2)cc1. The van der Waals surface area contributed by atoms with Crippen LogP contribution in [0.1, 0.15) is 0 Å². The van der Waals surface area contributed by atoms with Gasteiger partial charge in [0, 0.05) is 32.3 Å². The number of rotatable bonds is 6. The summed E-state index contributed by atoms with van der Waals surface area (Å²) in [6, 6.07) is 60.6. The van der Waals surface area contributed by atoms with E-state index in [0.717, 1.165) is 71.3 Å². The Hall–Kier alpha value is -6.89. The number of thiophene rings is 1. The summed E-state index contributed by atoms with van der Waals surface area (Å²) in [6.07, 6.45) is 0. The van der Waals surface area contributed by atoms with E-state index in [9.17, 15) is 0 Å². The zero-order valence-corrected chi connectivity index (χ0v) is 29.2. The van der Waals surface area contributed by atoms with Gasteiger partial charge in [-0.15, -0.1) is 11.3 Å². The summed E-state index contributed by atoms with van der Waals surface area (Å²) in [5.74, 6) is 1.90. The van der Waals surface area contributed by atoms with E-state index in [2.05, 4.69) is 133 Å². The van der Waals surface area contributed by atoms with Crippen LogP contribution in [0.3, 0.4) is 0 Å². The molecule has 5 nitrogen and oxygen atoms in total. The average Bonchev–Trinajstić information content (AvgIpc) is 3.61. The van der Waals surface area contributed by atoms with Gasteiger partial charge in [-0.05, 0) is 46.0 Å². The number of benzene rings is 7. The first-order valence-corrected chi connectivity index (χ1v) is 18.3. The summed E-state index contributed by atoms with van der Waals surface area (Å²) in [5.41, 5.74) is 12.2. The largest absolute Gasteiger partial charge is 0.243 e. The highest BCUT2D eigenvalue weighted by molar-refractivity contribution is 7.25. The molecule has 0 fully saturated rings. The van der Waals surface area contributed by atoms with Gasteiger partial charge in [0.1, 0.15) is 10.3 Å². The van der Waals surface area contributed by atoms with Crippen molar-refractivity contribution < 1.29 is 0 Å². The number of nitrogens with zero attached hydrogens (tertiary/aromatic N) is 5. The Kier molecular flexibility index (Phi) is 7.59. The third kappa shape index (κ3) is 5.81. The maximum absolute atomic E-state index is 5.13. The molecule has 0 radical (unpaired) electrons. The molecule has 7 aromatic carbocycles. The van der Waals surface area contributed by atoms with Gasteiger partial charge >= 0.3 is 0 Å². The number of aromatic nitrogens is 5. The summed E-state index contributed by atoms with van der Waals surface area (Å²) in [6.45, 7) is 0. The van der Waals surface area contributed by atoms with E-state index in [-0.39, 0.29) is 0 Å². The van der Waals surface area contributed by atoms with Gasteiger partial charge in [-0.1, -0.05) is 158 Å². The highest BCUT2D eigenvalue weighted by Gasteiger charge is 2.15. The quantitative estimate of drug-likeness (QED) is 0.173. The third-order valence-corrected chi connectivity index (χ3v) is 10.6. The van der Waals surface area contributed by atoms with Gasteiger partial charge < -0.3 is 0 Å². The Bertz CT molecular complexity index is 2920. The van der Waals surface area contributed by atoms with Gasteiger partial charge in [0.25, 0.3) is 0 Å². The van der Waals surface area contributed by atoms with Gasteiger partial charge in [0.15, 0.2) is 17.5 Å². The molecule has 0 unspecified atom stereocenters. The van der Waals surface area contributed by atoms with E-state index in [1.165, 1.54) is 10.3 Å². The minimum atomic E-state index is 0.626. The van der Waals surface area contributed by atoms with E-state index in [4.69, 9.17) is 24.9 Å². The van der Waals surface area contributed by atoms with Crippen molar-refractivity contribution >= 4 is 42.8 Å². The van der Waals surface area contributed by atoms with Crippen LogP contribution in [0.4, 0.5) is 0 Å². The average molecular weight is 696 g/mol. The second-order valence-corrected chi connectivity index (χ2v) is 14.0. The molecule has 0 bridgehead atoms. The molecule has 0 aliphatic carbocycles. The summed E-state index contributed by atoms with van der Waals surface area (Å²) in [4.78, 5) is 26.1. The molecule has 0 N–H and O–H groups in total. The summed E-state index contributed by atoms with van der Waals surface area (Å²) in [7, 11) is 0.